The molecule has 1 aromatic carbocycles. The van der Waals surface area contributed by atoms with Crippen molar-refractivity contribution in [3.8, 4) is 0 Å². The van der Waals surface area contributed by atoms with E-state index < -0.39 is 10.0 Å². The Labute approximate surface area is 184 Å². The van der Waals surface area contributed by atoms with Crippen LogP contribution >= 0.6 is 11.3 Å². The van der Waals surface area contributed by atoms with Crippen molar-refractivity contribution in [2.24, 2.45) is 5.92 Å². The molecule has 1 aliphatic rings. The molecular weight excluding hydrogens is 436 g/mol. The number of carbonyl (C=O) groups is 1. The molecule has 0 aliphatic carbocycles. The summed E-state index contributed by atoms with van der Waals surface area (Å²) in [5, 5.41) is 2.79. The summed E-state index contributed by atoms with van der Waals surface area (Å²) in [6.07, 6.45) is 2.49. The molecule has 1 saturated heterocycles. The standard InChI is InChI=1S/C21H24N4O4S2/c1-14(2)25-17-7-6-16(13-18(17)30-21(25)27)31(28,29)24-11-8-15(9-12-24)20(26)23-19-5-3-4-10-22-19/h3-7,10,13-15H,8-9,11-12H2,1-2H3,(H,22,23,26). The van der Waals surface area contributed by atoms with Crippen LogP contribution in [-0.2, 0) is 14.8 Å². The normalized spacial score (nSPS) is 16.1. The SMILES string of the molecule is CC(C)n1c(=O)sc2cc(S(=O)(=O)N3CCC(C(=O)Nc4ccccn4)CC3)ccc21. The monoisotopic (exact) mass is 460 g/mol. The van der Waals surface area contributed by atoms with Gasteiger partial charge >= 0.3 is 4.87 Å². The number of amides is 1. The lowest BCUT2D eigenvalue weighted by Crippen LogP contribution is -2.41. The van der Waals surface area contributed by atoms with Gasteiger partial charge in [0, 0.05) is 31.2 Å². The molecule has 1 amide bonds. The van der Waals surface area contributed by atoms with Crippen LogP contribution in [0, 0.1) is 5.92 Å². The third kappa shape index (κ3) is 4.28. The molecule has 1 N–H and O–H groups in total. The van der Waals surface area contributed by atoms with Crippen molar-refractivity contribution >= 4 is 43.3 Å². The molecule has 0 spiro atoms. The highest BCUT2D eigenvalue weighted by Crippen LogP contribution is 2.28. The van der Waals surface area contributed by atoms with Crippen LogP contribution in [0.25, 0.3) is 10.2 Å². The fraction of sp³-hybridized carbons (Fsp3) is 0.381. The number of anilines is 1. The van der Waals surface area contributed by atoms with E-state index in [1.165, 1.54) is 4.31 Å². The van der Waals surface area contributed by atoms with Crippen molar-refractivity contribution in [1.29, 1.82) is 0 Å². The van der Waals surface area contributed by atoms with Gasteiger partial charge in [-0.1, -0.05) is 17.4 Å². The third-order valence-electron chi connectivity index (χ3n) is 5.48. The zero-order valence-corrected chi connectivity index (χ0v) is 18.9. The lowest BCUT2D eigenvalue weighted by atomic mass is 9.97. The average molecular weight is 461 g/mol. The second kappa shape index (κ2) is 8.52. The Morgan fingerprint density at radius 1 is 1.19 bits per heavy atom. The summed E-state index contributed by atoms with van der Waals surface area (Å²) in [7, 11) is -3.70. The third-order valence-corrected chi connectivity index (χ3v) is 8.29. The van der Waals surface area contributed by atoms with E-state index in [1.807, 2.05) is 13.8 Å². The summed E-state index contributed by atoms with van der Waals surface area (Å²) >= 11 is 1.05. The number of piperidine rings is 1. The van der Waals surface area contributed by atoms with Gasteiger partial charge in [-0.15, -0.1) is 0 Å². The Morgan fingerprint density at radius 3 is 2.58 bits per heavy atom. The van der Waals surface area contributed by atoms with Crippen molar-refractivity contribution in [2.45, 2.75) is 37.6 Å². The summed E-state index contributed by atoms with van der Waals surface area (Å²) in [6, 6.07) is 10.1. The Kier molecular flexibility index (Phi) is 5.96. The molecule has 0 bridgehead atoms. The predicted octanol–water partition coefficient (Wildman–Crippen LogP) is 3.08. The fourth-order valence-electron chi connectivity index (χ4n) is 3.84. The average Bonchev–Trinajstić information content (AvgIpc) is 3.09. The first-order valence-electron chi connectivity index (χ1n) is 10.1. The van der Waals surface area contributed by atoms with Gasteiger partial charge in [0.15, 0.2) is 0 Å². The number of nitrogens with zero attached hydrogens (tertiary/aromatic N) is 3. The van der Waals surface area contributed by atoms with E-state index in [2.05, 4.69) is 10.3 Å². The molecule has 4 rings (SSSR count). The van der Waals surface area contributed by atoms with Gasteiger partial charge in [0.2, 0.25) is 15.9 Å². The highest BCUT2D eigenvalue weighted by atomic mass is 32.2. The second-order valence-corrected chi connectivity index (χ2v) is 10.8. The molecule has 10 heteroatoms. The van der Waals surface area contributed by atoms with Gasteiger partial charge in [0.1, 0.15) is 5.82 Å². The molecule has 1 aliphatic heterocycles. The minimum atomic E-state index is -3.70. The van der Waals surface area contributed by atoms with Crippen molar-refractivity contribution in [2.75, 3.05) is 18.4 Å². The number of hydrogen-bond donors (Lipinski definition) is 1. The largest absolute Gasteiger partial charge is 0.310 e. The van der Waals surface area contributed by atoms with Crippen LogP contribution in [0.15, 0.2) is 52.3 Å². The van der Waals surface area contributed by atoms with Crippen LogP contribution in [-0.4, -0.2) is 41.3 Å². The Bertz CT molecular complexity index is 1260. The van der Waals surface area contributed by atoms with E-state index in [0.29, 0.717) is 23.4 Å². The number of hydrogen-bond acceptors (Lipinski definition) is 6. The van der Waals surface area contributed by atoms with Gasteiger partial charge in [-0.2, -0.15) is 4.31 Å². The molecule has 3 aromatic rings. The smallest absolute Gasteiger partial charge is 0.308 e. The summed E-state index contributed by atoms with van der Waals surface area (Å²) in [6.45, 7) is 4.38. The number of rotatable bonds is 5. The van der Waals surface area contributed by atoms with Crippen LogP contribution in [0.3, 0.4) is 0 Å². The molecule has 2 aromatic heterocycles. The van der Waals surface area contributed by atoms with Crippen molar-refractivity contribution in [3.63, 3.8) is 0 Å². The minimum absolute atomic E-state index is 0.0000301. The Hall–Kier alpha value is -2.56. The molecule has 0 atom stereocenters. The van der Waals surface area contributed by atoms with E-state index >= 15 is 0 Å². The second-order valence-electron chi connectivity index (χ2n) is 7.84. The first kappa shape index (κ1) is 21.7. The lowest BCUT2D eigenvalue weighted by molar-refractivity contribution is -0.120. The molecule has 0 unspecified atom stereocenters. The molecule has 0 radical (unpaired) electrons. The molecule has 164 valence electrons. The van der Waals surface area contributed by atoms with E-state index in [1.54, 1.807) is 47.2 Å². The first-order chi connectivity index (χ1) is 14.8. The molecule has 8 nitrogen and oxygen atoms in total. The lowest BCUT2D eigenvalue weighted by Gasteiger charge is -2.30. The number of thiazole rings is 1. The molecule has 1 fully saturated rings. The van der Waals surface area contributed by atoms with Gasteiger partial charge in [0.05, 0.1) is 15.1 Å². The maximum Gasteiger partial charge on any atom is 0.308 e. The van der Waals surface area contributed by atoms with E-state index in [9.17, 15) is 18.0 Å². The highest BCUT2D eigenvalue weighted by molar-refractivity contribution is 7.89. The number of fused-ring (bicyclic) bond motifs is 1. The first-order valence-corrected chi connectivity index (χ1v) is 12.4. The minimum Gasteiger partial charge on any atom is -0.310 e. The van der Waals surface area contributed by atoms with Gasteiger partial charge in [0.25, 0.3) is 0 Å². The van der Waals surface area contributed by atoms with Crippen LogP contribution in [0.2, 0.25) is 0 Å². The zero-order valence-electron chi connectivity index (χ0n) is 17.3. The topological polar surface area (TPSA) is 101 Å². The van der Waals surface area contributed by atoms with Gasteiger partial charge in [-0.3, -0.25) is 14.2 Å². The fourth-order valence-corrected chi connectivity index (χ4v) is 6.46. The quantitative estimate of drug-likeness (QED) is 0.631. The zero-order chi connectivity index (χ0) is 22.2. The number of nitrogens with one attached hydrogen (secondary N) is 1. The van der Waals surface area contributed by atoms with Crippen LogP contribution in [0.4, 0.5) is 5.82 Å². The number of benzene rings is 1. The predicted molar refractivity (Wildman–Crippen MR) is 121 cm³/mol. The Balaban J connectivity index is 1.48. The number of carbonyl (C=O) groups excluding carboxylic acids is 1. The van der Waals surface area contributed by atoms with Crippen LogP contribution in [0.5, 0.6) is 0 Å². The van der Waals surface area contributed by atoms with Gasteiger partial charge in [-0.25, -0.2) is 13.4 Å². The summed E-state index contributed by atoms with van der Waals surface area (Å²) < 4.78 is 30.1. The molecule has 31 heavy (non-hydrogen) atoms. The van der Waals surface area contributed by atoms with E-state index in [-0.39, 0.29) is 40.7 Å². The summed E-state index contributed by atoms with van der Waals surface area (Å²) in [4.78, 5) is 28.9. The maximum absolute atomic E-state index is 13.2. The number of pyridine rings is 1. The van der Waals surface area contributed by atoms with Crippen molar-refractivity contribution in [3.05, 3.63) is 52.3 Å². The molecule has 0 saturated carbocycles. The molecular formula is C21H24N4O4S2. The summed E-state index contributed by atoms with van der Waals surface area (Å²) in [5.41, 5.74) is 0.744. The number of aromatic nitrogens is 2. The van der Waals surface area contributed by atoms with Crippen molar-refractivity contribution < 1.29 is 13.2 Å². The van der Waals surface area contributed by atoms with Gasteiger partial charge in [-0.05, 0) is 57.0 Å². The Morgan fingerprint density at radius 2 is 1.94 bits per heavy atom. The highest BCUT2D eigenvalue weighted by Gasteiger charge is 2.32. The van der Waals surface area contributed by atoms with Crippen molar-refractivity contribution in [1.82, 2.24) is 13.9 Å². The van der Waals surface area contributed by atoms with Crippen LogP contribution < -0.4 is 10.2 Å². The van der Waals surface area contributed by atoms with E-state index in [0.717, 1.165) is 16.9 Å². The van der Waals surface area contributed by atoms with Crippen LogP contribution in [0.1, 0.15) is 32.7 Å². The summed E-state index contributed by atoms with van der Waals surface area (Å²) in [5.74, 6) is 0.0846. The molecule has 3 heterocycles. The van der Waals surface area contributed by atoms with E-state index in [4.69, 9.17) is 0 Å². The van der Waals surface area contributed by atoms with Gasteiger partial charge < -0.3 is 5.32 Å². The number of sulfonamides is 1. The maximum atomic E-state index is 13.2.